The number of nitrogens with zero attached hydrogens (tertiary/aromatic N) is 1. The van der Waals surface area contributed by atoms with E-state index in [0.29, 0.717) is 35.5 Å². The van der Waals surface area contributed by atoms with Crippen LogP contribution in [0.25, 0.3) is 6.08 Å². The quantitative estimate of drug-likeness (QED) is 0.715. The molecule has 0 saturated heterocycles. The summed E-state index contributed by atoms with van der Waals surface area (Å²) in [5, 5.41) is 8.82. The van der Waals surface area contributed by atoms with Crippen molar-refractivity contribution in [1.29, 1.82) is 5.26 Å². The van der Waals surface area contributed by atoms with Crippen molar-refractivity contribution in [2.45, 2.75) is 6.42 Å². The fourth-order valence-electron chi connectivity index (χ4n) is 2.36. The molecule has 0 unspecified atom stereocenters. The van der Waals surface area contributed by atoms with Crippen LogP contribution in [0.4, 0.5) is 0 Å². The minimum absolute atomic E-state index is 0.0156. The van der Waals surface area contributed by atoms with Gasteiger partial charge >= 0.3 is 0 Å². The SMILES string of the molecule is N#Cc1ccc(/C=C2\CCOc3ccc(Br)cc3C2=O)cc1. The Bertz CT molecular complexity index is 801. The molecule has 0 fully saturated rings. The Morgan fingerprint density at radius 2 is 1.95 bits per heavy atom. The van der Waals surface area contributed by atoms with Crippen molar-refractivity contribution in [2.24, 2.45) is 0 Å². The molecule has 108 valence electrons. The topological polar surface area (TPSA) is 50.1 Å². The number of ether oxygens (including phenoxy) is 1. The molecule has 0 atom stereocenters. The van der Waals surface area contributed by atoms with E-state index in [2.05, 4.69) is 22.0 Å². The number of fused-ring (bicyclic) bond motifs is 1. The molecule has 3 nitrogen and oxygen atoms in total. The van der Waals surface area contributed by atoms with Gasteiger partial charge in [0.05, 0.1) is 23.8 Å². The van der Waals surface area contributed by atoms with Gasteiger partial charge in [-0.1, -0.05) is 28.1 Å². The van der Waals surface area contributed by atoms with Gasteiger partial charge in [-0.25, -0.2) is 0 Å². The molecule has 1 heterocycles. The Morgan fingerprint density at radius 3 is 2.68 bits per heavy atom. The fourth-order valence-corrected chi connectivity index (χ4v) is 2.72. The Labute approximate surface area is 137 Å². The minimum atomic E-state index is -0.0156. The van der Waals surface area contributed by atoms with E-state index in [0.717, 1.165) is 10.0 Å². The van der Waals surface area contributed by atoms with Gasteiger partial charge in [0.15, 0.2) is 5.78 Å². The summed E-state index contributed by atoms with van der Waals surface area (Å²) in [6.45, 7) is 0.475. The highest BCUT2D eigenvalue weighted by molar-refractivity contribution is 9.10. The van der Waals surface area contributed by atoms with Gasteiger partial charge < -0.3 is 4.74 Å². The third kappa shape index (κ3) is 2.95. The third-order valence-electron chi connectivity index (χ3n) is 3.49. The number of carbonyl (C=O) groups is 1. The summed E-state index contributed by atoms with van der Waals surface area (Å²) in [5.41, 5.74) is 2.79. The first-order valence-electron chi connectivity index (χ1n) is 6.85. The lowest BCUT2D eigenvalue weighted by atomic mass is 9.99. The summed E-state index contributed by atoms with van der Waals surface area (Å²) >= 11 is 3.39. The zero-order valence-corrected chi connectivity index (χ0v) is 13.3. The van der Waals surface area contributed by atoms with E-state index in [4.69, 9.17) is 10.00 Å². The maximum atomic E-state index is 12.7. The number of benzene rings is 2. The monoisotopic (exact) mass is 353 g/mol. The van der Waals surface area contributed by atoms with Gasteiger partial charge in [0, 0.05) is 16.5 Å². The minimum Gasteiger partial charge on any atom is -0.492 e. The molecule has 0 aromatic heterocycles. The van der Waals surface area contributed by atoms with E-state index in [-0.39, 0.29) is 5.78 Å². The average molecular weight is 354 g/mol. The Hall–Kier alpha value is -2.38. The number of halogens is 1. The Kier molecular flexibility index (Phi) is 4.08. The van der Waals surface area contributed by atoms with Crippen LogP contribution in [0.15, 0.2) is 52.5 Å². The van der Waals surface area contributed by atoms with Crippen LogP contribution in [-0.4, -0.2) is 12.4 Å². The second kappa shape index (κ2) is 6.17. The van der Waals surface area contributed by atoms with E-state index in [1.807, 2.05) is 30.3 Å². The summed E-state index contributed by atoms with van der Waals surface area (Å²) in [5.74, 6) is 0.606. The summed E-state index contributed by atoms with van der Waals surface area (Å²) in [7, 11) is 0. The molecule has 3 rings (SSSR count). The molecule has 0 radical (unpaired) electrons. The Balaban J connectivity index is 1.98. The predicted octanol–water partition coefficient (Wildman–Crippen LogP) is 4.37. The molecule has 4 heteroatoms. The van der Waals surface area contributed by atoms with Crippen LogP contribution >= 0.6 is 15.9 Å². The summed E-state index contributed by atoms with van der Waals surface area (Å²) in [6, 6.07) is 14.7. The van der Waals surface area contributed by atoms with Crippen LogP contribution in [0.1, 0.15) is 27.9 Å². The molecule has 1 aliphatic heterocycles. The van der Waals surface area contributed by atoms with Gasteiger partial charge in [0.1, 0.15) is 5.75 Å². The number of nitriles is 1. The second-order valence-electron chi connectivity index (χ2n) is 4.97. The van der Waals surface area contributed by atoms with Gasteiger partial charge in [-0.05, 0) is 42.0 Å². The van der Waals surface area contributed by atoms with Crippen molar-refractivity contribution in [3.8, 4) is 11.8 Å². The fraction of sp³-hybridized carbons (Fsp3) is 0.111. The molecule has 2 aromatic carbocycles. The standard InChI is InChI=1S/C18H12BrNO2/c19-15-5-6-17-16(10-15)18(21)14(7-8-22-17)9-12-1-3-13(11-20)4-2-12/h1-6,9-10H,7-8H2/b14-9+. The third-order valence-corrected chi connectivity index (χ3v) is 3.98. The van der Waals surface area contributed by atoms with Crippen molar-refractivity contribution in [1.82, 2.24) is 0 Å². The van der Waals surface area contributed by atoms with Crippen molar-refractivity contribution in [3.05, 3.63) is 69.2 Å². The first-order chi connectivity index (χ1) is 10.7. The highest BCUT2D eigenvalue weighted by Crippen LogP contribution is 2.30. The summed E-state index contributed by atoms with van der Waals surface area (Å²) in [6.07, 6.45) is 2.42. The molecule has 0 amide bonds. The van der Waals surface area contributed by atoms with Gasteiger partial charge in [0.25, 0.3) is 0 Å². The molecule has 0 N–H and O–H groups in total. The van der Waals surface area contributed by atoms with Crippen molar-refractivity contribution in [3.63, 3.8) is 0 Å². The number of hydrogen-bond acceptors (Lipinski definition) is 3. The maximum Gasteiger partial charge on any atom is 0.192 e. The number of carbonyl (C=O) groups excluding carboxylic acids is 1. The van der Waals surface area contributed by atoms with Crippen LogP contribution in [-0.2, 0) is 0 Å². The second-order valence-corrected chi connectivity index (χ2v) is 5.89. The highest BCUT2D eigenvalue weighted by Gasteiger charge is 2.21. The van der Waals surface area contributed by atoms with E-state index in [1.165, 1.54) is 0 Å². The molecule has 0 saturated carbocycles. The first kappa shape index (κ1) is 14.6. The van der Waals surface area contributed by atoms with E-state index < -0.39 is 0 Å². The lowest BCUT2D eigenvalue weighted by Gasteiger charge is -2.05. The number of hydrogen-bond donors (Lipinski definition) is 0. The van der Waals surface area contributed by atoms with Crippen molar-refractivity contribution in [2.75, 3.05) is 6.61 Å². The summed E-state index contributed by atoms with van der Waals surface area (Å²) < 4.78 is 6.50. The maximum absolute atomic E-state index is 12.7. The lowest BCUT2D eigenvalue weighted by molar-refractivity contribution is 0.103. The number of Topliss-reactive ketones (excluding diaryl/α,β-unsaturated/α-hetero) is 1. The van der Waals surface area contributed by atoms with E-state index in [1.54, 1.807) is 18.2 Å². The van der Waals surface area contributed by atoms with Gasteiger partial charge in [-0.15, -0.1) is 0 Å². The molecule has 22 heavy (non-hydrogen) atoms. The van der Waals surface area contributed by atoms with Crippen LogP contribution in [0.5, 0.6) is 5.75 Å². The molecular weight excluding hydrogens is 342 g/mol. The average Bonchev–Trinajstić information content (AvgIpc) is 2.68. The van der Waals surface area contributed by atoms with Crippen LogP contribution < -0.4 is 4.74 Å². The number of ketones is 1. The van der Waals surface area contributed by atoms with Gasteiger partial charge in [-0.2, -0.15) is 5.26 Å². The van der Waals surface area contributed by atoms with Crippen molar-refractivity contribution >= 4 is 27.8 Å². The van der Waals surface area contributed by atoms with Gasteiger partial charge in [-0.3, -0.25) is 4.79 Å². The van der Waals surface area contributed by atoms with E-state index >= 15 is 0 Å². The molecule has 2 aromatic rings. The highest BCUT2D eigenvalue weighted by atomic mass is 79.9. The molecule has 0 bridgehead atoms. The first-order valence-corrected chi connectivity index (χ1v) is 7.64. The zero-order chi connectivity index (χ0) is 15.5. The van der Waals surface area contributed by atoms with Crippen LogP contribution in [0.2, 0.25) is 0 Å². The number of rotatable bonds is 1. The van der Waals surface area contributed by atoms with Gasteiger partial charge in [0.2, 0.25) is 0 Å². The summed E-state index contributed by atoms with van der Waals surface area (Å²) in [4.78, 5) is 12.7. The lowest BCUT2D eigenvalue weighted by Crippen LogP contribution is -2.02. The van der Waals surface area contributed by atoms with Crippen molar-refractivity contribution < 1.29 is 9.53 Å². The smallest absolute Gasteiger partial charge is 0.192 e. The van der Waals surface area contributed by atoms with E-state index in [9.17, 15) is 4.79 Å². The molecule has 0 spiro atoms. The predicted molar refractivity (Wildman–Crippen MR) is 87.7 cm³/mol. The molecule has 1 aliphatic rings. The largest absolute Gasteiger partial charge is 0.492 e. The van der Waals surface area contributed by atoms with Crippen LogP contribution in [0, 0.1) is 11.3 Å². The van der Waals surface area contributed by atoms with Crippen LogP contribution in [0.3, 0.4) is 0 Å². The zero-order valence-electron chi connectivity index (χ0n) is 11.7. The molecule has 0 aliphatic carbocycles. The normalized spacial score (nSPS) is 15.6. The molecular formula is C18H12BrNO2. The Morgan fingerprint density at radius 1 is 1.18 bits per heavy atom.